The van der Waals surface area contributed by atoms with Crippen LogP contribution in [-0.4, -0.2) is 9.78 Å². The molecule has 4 aromatic carbocycles. The summed E-state index contributed by atoms with van der Waals surface area (Å²) in [4.78, 5) is 13.1. The Balaban J connectivity index is 1.69. The number of para-hydroxylation sites is 1. The molecular weight excluding hydrogens is 483 g/mol. The van der Waals surface area contributed by atoms with Crippen molar-refractivity contribution in [3.8, 4) is 5.69 Å². The summed E-state index contributed by atoms with van der Waals surface area (Å²) in [5.41, 5.74) is 3.30. The first-order chi connectivity index (χ1) is 14.7. The molecule has 4 heteroatoms. The molecule has 0 spiro atoms. The molecule has 1 heterocycles. The van der Waals surface area contributed by atoms with Crippen LogP contribution in [0.25, 0.3) is 39.5 Å². The molecule has 0 N–H and O–H groups in total. The largest absolute Gasteiger partial charge is 0.286 e. The number of fused-ring (bicyclic) bond motifs is 2. The van der Waals surface area contributed by atoms with Crippen molar-refractivity contribution in [2.24, 2.45) is 0 Å². The Morgan fingerprint density at radius 3 is 2.37 bits per heavy atom. The van der Waals surface area contributed by atoms with E-state index in [4.69, 9.17) is 5.10 Å². The Morgan fingerprint density at radius 2 is 1.53 bits per heavy atom. The maximum Gasteiger partial charge on any atom is 0.218 e. The van der Waals surface area contributed by atoms with Crippen molar-refractivity contribution < 1.29 is 0 Å². The third-order valence-corrected chi connectivity index (χ3v) is 5.95. The van der Waals surface area contributed by atoms with Gasteiger partial charge in [-0.1, -0.05) is 72.8 Å². The SMILES string of the molecule is O=c1c(I)cccc2c(/C=C/c3ccc4ccccc4c3)nn(-c3ccccc3)c12. The van der Waals surface area contributed by atoms with Crippen molar-refractivity contribution >= 4 is 56.4 Å². The van der Waals surface area contributed by atoms with Gasteiger partial charge in [0, 0.05) is 5.39 Å². The van der Waals surface area contributed by atoms with Crippen LogP contribution < -0.4 is 5.43 Å². The van der Waals surface area contributed by atoms with Crippen LogP contribution in [0.4, 0.5) is 0 Å². The minimum atomic E-state index is -0.0164. The Morgan fingerprint density at radius 1 is 0.767 bits per heavy atom. The zero-order valence-corrected chi connectivity index (χ0v) is 18.2. The van der Waals surface area contributed by atoms with Crippen LogP contribution >= 0.6 is 22.6 Å². The number of hydrogen-bond donors (Lipinski definition) is 0. The van der Waals surface area contributed by atoms with Gasteiger partial charge in [0.25, 0.3) is 0 Å². The lowest BCUT2D eigenvalue weighted by Crippen LogP contribution is -2.08. The van der Waals surface area contributed by atoms with Gasteiger partial charge in [-0.25, -0.2) is 4.68 Å². The molecule has 5 rings (SSSR count). The average Bonchev–Trinajstić information content (AvgIpc) is 3.08. The quantitative estimate of drug-likeness (QED) is 0.272. The molecule has 3 nitrogen and oxygen atoms in total. The van der Waals surface area contributed by atoms with Gasteiger partial charge in [-0.15, -0.1) is 0 Å². The van der Waals surface area contributed by atoms with Crippen LogP contribution in [0, 0.1) is 3.57 Å². The molecule has 0 aliphatic heterocycles. The molecule has 30 heavy (non-hydrogen) atoms. The van der Waals surface area contributed by atoms with Crippen molar-refractivity contribution in [3.63, 3.8) is 0 Å². The highest BCUT2D eigenvalue weighted by Gasteiger charge is 2.13. The lowest BCUT2D eigenvalue weighted by atomic mass is 10.1. The molecule has 0 saturated carbocycles. The van der Waals surface area contributed by atoms with E-state index in [0.717, 1.165) is 22.3 Å². The summed E-state index contributed by atoms with van der Waals surface area (Å²) in [5.74, 6) is 0. The minimum Gasteiger partial charge on any atom is -0.286 e. The number of aromatic nitrogens is 2. The molecule has 144 valence electrons. The topological polar surface area (TPSA) is 34.9 Å². The lowest BCUT2D eigenvalue weighted by Gasteiger charge is -2.01. The molecule has 0 bridgehead atoms. The Hall–Kier alpha value is -3.25. The van der Waals surface area contributed by atoms with Crippen molar-refractivity contribution in [3.05, 3.63) is 116 Å². The standard InChI is InChI=1S/C26H17IN2O/c27-23-12-6-11-22-24(16-14-18-13-15-19-7-4-5-8-20(19)17-18)28-29(25(22)26(23)30)21-9-2-1-3-10-21/h1-17H/b16-14+. The molecule has 1 aromatic heterocycles. The fourth-order valence-corrected chi connectivity index (χ4v) is 4.08. The predicted octanol–water partition coefficient (Wildman–Crippen LogP) is 6.31. The van der Waals surface area contributed by atoms with Gasteiger partial charge in [-0.2, -0.15) is 5.10 Å². The van der Waals surface area contributed by atoms with E-state index in [0.29, 0.717) is 9.09 Å². The number of benzene rings is 3. The highest BCUT2D eigenvalue weighted by molar-refractivity contribution is 14.1. The van der Waals surface area contributed by atoms with Gasteiger partial charge in [-0.05, 0) is 69.3 Å². The Kier molecular flexibility index (Phi) is 4.93. The second-order valence-electron chi connectivity index (χ2n) is 7.04. The summed E-state index contributed by atoms with van der Waals surface area (Å²) in [6.07, 6.45) is 4.03. The lowest BCUT2D eigenvalue weighted by molar-refractivity contribution is 0.902. The van der Waals surface area contributed by atoms with Crippen LogP contribution in [0.15, 0.2) is 95.8 Å². The summed E-state index contributed by atoms with van der Waals surface area (Å²) in [6, 6.07) is 30.2. The molecule has 0 atom stereocenters. The van der Waals surface area contributed by atoms with Gasteiger partial charge >= 0.3 is 0 Å². The molecule has 0 aliphatic rings. The van der Waals surface area contributed by atoms with E-state index in [-0.39, 0.29) is 5.43 Å². The first-order valence-corrected chi connectivity index (χ1v) is 10.7. The van der Waals surface area contributed by atoms with E-state index in [1.54, 1.807) is 4.68 Å². The number of nitrogens with zero attached hydrogens (tertiary/aromatic N) is 2. The smallest absolute Gasteiger partial charge is 0.218 e. The molecule has 0 fully saturated rings. The van der Waals surface area contributed by atoms with E-state index in [2.05, 4.69) is 52.9 Å². The van der Waals surface area contributed by atoms with Crippen molar-refractivity contribution in [1.29, 1.82) is 0 Å². The zero-order chi connectivity index (χ0) is 20.5. The third-order valence-electron chi connectivity index (χ3n) is 5.10. The summed E-state index contributed by atoms with van der Waals surface area (Å²) in [5, 5.41) is 8.04. The molecule has 5 aromatic rings. The number of halogens is 1. The highest BCUT2D eigenvalue weighted by atomic mass is 127. The Labute approximate surface area is 187 Å². The fraction of sp³-hybridized carbons (Fsp3) is 0. The monoisotopic (exact) mass is 500 g/mol. The summed E-state index contributed by atoms with van der Waals surface area (Å²) in [6.45, 7) is 0. The van der Waals surface area contributed by atoms with Crippen LogP contribution in [0.1, 0.15) is 11.3 Å². The van der Waals surface area contributed by atoms with Crippen molar-refractivity contribution in [2.45, 2.75) is 0 Å². The fourth-order valence-electron chi connectivity index (χ4n) is 3.61. The van der Waals surface area contributed by atoms with Crippen LogP contribution in [-0.2, 0) is 0 Å². The van der Waals surface area contributed by atoms with E-state index in [1.165, 1.54) is 10.8 Å². The van der Waals surface area contributed by atoms with Crippen molar-refractivity contribution in [1.82, 2.24) is 9.78 Å². The predicted molar refractivity (Wildman–Crippen MR) is 133 cm³/mol. The van der Waals surface area contributed by atoms with Gasteiger partial charge in [0.15, 0.2) is 0 Å². The molecule has 0 aliphatic carbocycles. The van der Waals surface area contributed by atoms with Crippen LogP contribution in [0.5, 0.6) is 0 Å². The second kappa shape index (κ2) is 7.88. The van der Waals surface area contributed by atoms with Gasteiger partial charge in [0.2, 0.25) is 5.43 Å². The van der Waals surface area contributed by atoms with Gasteiger partial charge in [0.1, 0.15) is 5.52 Å². The van der Waals surface area contributed by atoms with Crippen LogP contribution in [0.3, 0.4) is 0 Å². The molecule has 0 unspecified atom stereocenters. The normalized spacial score (nSPS) is 11.5. The number of rotatable bonds is 3. The Bertz CT molecular complexity index is 1470. The summed E-state index contributed by atoms with van der Waals surface area (Å²) < 4.78 is 2.42. The van der Waals surface area contributed by atoms with Crippen molar-refractivity contribution in [2.75, 3.05) is 0 Å². The second-order valence-corrected chi connectivity index (χ2v) is 8.20. The van der Waals surface area contributed by atoms with E-state index < -0.39 is 0 Å². The first kappa shape index (κ1) is 18.8. The van der Waals surface area contributed by atoms with Crippen LogP contribution in [0.2, 0.25) is 0 Å². The summed E-state index contributed by atoms with van der Waals surface area (Å²) in [7, 11) is 0. The van der Waals surface area contributed by atoms with Gasteiger partial charge in [-0.3, -0.25) is 4.79 Å². The summed E-state index contributed by atoms with van der Waals surface area (Å²) >= 11 is 2.09. The number of hydrogen-bond acceptors (Lipinski definition) is 2. The minimum absolute atomic E-state index is 0.0164. The zero-order valence-electron chi connectivity index (χ0n) is 16.0. The highest BCUT2D eigenvalue weighted by Crippen LogP contribution is 2.23. The molecular formula is C26H17IN2O. The molecule has 0 amide bonds. The van der Waals surface area contributed by atoms with E-state index in [1.807, 2.05) is 72.8 Å². The molecule has 0 saturated heterocycles. The maximum absolute atomic E-state index is 13.1. The molecule has 0 radical (unpaired) electrons. The van der Waals surface area contributed by atoms with Gasteiger partial charge < -0.3 is 0 Å². The third kappa shape index (κ3) is 3.44. The first-order valence-electron chi connectivity index (χ1n) is 9.64. The van der Waals surface area contributed by atoms with E-state index in [9.17, 15) is 4.79 Å². The van der Waals surface area contributed by atoms with E-state index >= 15 is 0 Å². The maximum atomic E-state index is 13.1. The van der Waals surface area contributed by atoms with Gasteiger partial charge in [0.05, 0.1) is 15.0 Å². The average molecular weight is 500 g/mol.